The van der Waals surface area contributed by atoms with E-state index in [0.717, 1.165) is 0 Å². The molecule has 0 N–H and O–H groups in total. The highest BCUT2D eigenvalue weighted by Crippen LogP contribution is 2.26. The van der Waals surface area contributed by atoms with Crippen molar-refractivity contribution in [3.8, 4) is 0 Å². The number of esters is 2. The van der Waals surface area contributed by atoms with Gasteiger partial charge in [-0.05, 0) is 32.9 Å². The van der Waals surface area contributed by atoms with Gasteiger partial charge >= 0.3 is 17.9 Å². The fraction of sp³-hybridized carbons (Fsp3) is 0.846. The minimum atomic E-state index is -2.63. The molecule has 0 saturated heterocycles. The Bertz CT molecular complexity index is 318. The van der Waals surface area contributed by atoms with E-state index in [9.17, 15) is 9.59 Å². The molecular formula is C13H24Cl3NO4Si. The fourth-order valence-corrected chi connectivity index (χ4v) is 3.57. The van der Waals surface area contributed by atoms with E-state index in [2.05, 4.69) is 0 Å². The van der Waals surface area contributed by atoms with Crippen LogP contribution < -0.4 is 0 Å². The number of halogens is 3. The van der Waals surface area contributed by atoms with Crippen LogP contribution in [0, 0.1) is 0 Å². The lowest BCUT2D eigenvalue weighted by atomic mass is 10.3. The fourth-order valence-electron chi connectivity index (χ4n) is 1.80. The third kappa shape index (κ3) is 13.6. The topological polar surface area (TPSA) is 55.8 Å². The first-order chi connectivity index (χ1) is 10.3. The minimum Gasteiger partial charge on any atom is -0.466 e. The van der Waals surface area contributed by atoms with Gasteiger partial charge in [0.15, 0.2) is 0 Å². The summed E-state index contributed by atoms with van der Waals surface area (Å²) < 4.78 is 9.80. The Labute approximate surface area is 147 Å². The van der Waals surface area contributed by atoms with Gasteiger partial charge in [0.2, 0.25) is 0 Å². The minimum absolute atomic E-state index is 0.251. The van der Waals surface area contributed by atoms with E-state index in [0.29, 0.717) is 45.3 Å². The molecule has 0 aliphatic heterocycles. The average Bonchev–Trinajstić information content (AvgIpc) is 2.40. The molecule has 0 bridgehead atoms. The molecule has 0 radical (unpaired) electrons. The summed E-state index contributed by atoms with van der Waals surface area (Å²) in [5, 5.41) is 0. The molecule has 0 aliphatic rings. The van der Waals surface area contributed by atoms with Crippen molar-refractivity contribution in [3.63, 3.8) is 0 Å². The van der Waals surface area contributed by atoms with E-state index in [4.69, 9.17) is 42.7 Å². The van der Waals surface area contributed by atoms with Crippen molar-refractivity contribution in [2.45, 2.75) is 39.2 Å². The van der Waals surface area contributed by atoms with Gasteiger partial charge in [0.25, 0.3) is 0 Å². The zero-order chi connectivity index (χ0) is 17.0. The van der Waals surface area contributed by atoms with Gasteiger partial charge < -0.3 is 14.4 Å². The molecule has 0 heterocycles. The number of rotatable bonds is 12. The summed E-state index contributed by atoms with van der Waals surface area (Å²) in [4.78, 5) is 24.8. The number of hydrogen-bond donors (Lipinski definition) is 0. The Hall–Kier alpha value is -0.0131. The van der Waals surface area contributed by atoms with Gasteiger partial charge in [0, 0.05) is 13.1 Å². The molecule has 0 aromatic rings. The standard InChI is InChI=1S/C13H24Cl3NO4Si/c1-3-20-12(18)6-9-17(8-5-11-22(14,15)16)10-7-13(19)21-4-2/h3-11H2,1-2H3. The SMILES string of the molecule is CCOC(=O)CCN(CCC[Si](Cl)(Cl)Cl)CCC(=O)OCC. The second-order valence-electron chi connectivity index (χ2n) is 4.67. The maximum Gasteiger partial charge on any atom is 0.341 e. The van der Waals surface area contributed by atoms with Crippen LogP contribution in [0.25, 0.3) is 0 Å². The van der Waals surface area contributed by atoms with Crippen molar-refractivity contribution in [1.29, 1.82) is 0 Å². The number of hydrogen-bond acceptors (Lipinski definition) is 5. The van der Waals surface area contributed by atoms with Crippen LogP contribution in [-0.4, -0.2) is 55.7 Å². The van der Waals surface area contributed by atoms with E-state index in [-0.39, 0.29) is 24.8 Å². The van der Waals surface area contributed by atoms with E-state index in [1.54, 1.807) is 13.8 Å². The molecule has 130 valence electrons. The third-order valence-corrected chi connectivity index (χ3v) is 5.43. The maximum absolute atomic E-state index is 11.4. The highest BCUT2D eigenvalue weighted by molar-refractivity contribution is 7.64. The molecule has 0 unspecified atom stereocenters. The monoisotopic (exact) mass is 391 g/mol. The Morgan fingerprint density at radius 1 is 0.909 bits per heavy atom. The first-order valence-corrected chi connectivity index (χ1v) is 12.6. The molecule has 0 aliphatic carbocycles. The average molecular weight is 393 g/mol. The van der Waals surface area contributed by atoms with Crippen LogP contribution in [0.5, 0.6) is 0 Å². The second kappa shape index (κ2) is 12.4. The lowest BCUT2D eigenvalue weighted by Crippen LogP contribution is -2.31. The molecule has 0 spiro atoms. The normalized spacial score (nSPS) is 11.5. The summed E-state index contributed by atoms with van der Waals surface area (Å²) in [5.41, 5.74) is 0. The van der Waals surface area contributed by atoms with Gasteiger partial charge in [-0.25, -0.2) is 0 Å². The van der Waals surface area contributed by atoms with Gasteiger partial charge in [-0.1, -0.05) is 0 Å². The summed E-state index contributed by atoms with van der Waals surface area (Å²) in [7, 11) is 0. The first-order valence-electron chi connectivity index (χ1n) is 7.38. The summed E-state index contributed by atoms with van der Waals surface area (Å²) in [6, 6.07) is -2.08. The van der Waals surface area contributed by atoms with E-state index >= 15 is 0 Å². The molecule has 0 aromatic carbocycles. The van der Waals surface area contributed by atoms with Gasteiger partial charge in [-0.15, -0.1) is 33.2 Å². The summed E-state index contributed by atoms with van der Waals surface area (Å²) >= 11 is 17.6. The molecule has 22 heavy (non-hydrogen) atoms. The summed E-state index contributed by atoms with van der Waals surface area (Å²) in [6.07, 6.45) is 1.28. The molecule has 0 saturated carbocycles. The molecule has 0 fully saturated rings. The van der Waals surface area contributed by atoms with E-state index < -0.39 is 6.00 Å². The van der Waals surface area contributed by atoms with Crippen LogP contribution >= 0.6 is 33.2 Å². The molecule has 0 amide bonds. The first kappa shape index (κ1) is 22.0. The predicted molar refractivity (Wildman–Crippen MR) is 91.7 cm³/mol. The molecular weight excluding hydrogens is 369 g/mol. The molecule has 0 aromatic heterocycles. The van der Waals surface area contributed by atoms with Gasteiger partial charge in [-0.3, -0.25) is 9.59 Å². The van der Waals surface area contributed by atoms with E-state index in [1.165, 1.54) is 0 Å². The van der Waals surface area contributed by atoms with Crippen molar-refractivity contribution in [2.24, 2.45) is 0 Å². The molecule has 0 atom stereocenters. The van der Waals surface area contributed by atoms with E-state index in [1.807, 2.05) is 4.90 Å². The van der Waals surface area contributed by atoms with Crippen molar-refractivity contribution in [3.05, 3.63) is 0 Å². The van der Waals surface area contributed by atoms with Crippen molar-refractivity contribution >= 4 is 51.2 Å². The van der Waals surface area contributed by atoms with Crippen LogP contribution in [0.2, 0.25) is 6.04 Å². The lowest BCUT2D eigenvalue weighted by Gasteiger charge is -2.22. The molecule has 9 heteroatoms. The van der Waals surface area contributed by atoms with Crippen molar-refractivity contribution in [1.82, 2.24) is 4.90 Å². The number of carbonyl (C=O) groups excluding carboxylic acids is 2. The van der Waals surface area contributed by atoms with Gasteiger partial charge in [0.1, 0.15) is 0 Å². The molecule has 5 nitrogen and oxygen atoms in total. The summed E-state index contributed by atoms with van der Waals surface area (Å²) in [5.74, 6) is -0.501. The maximum atomic E-state index is 11.4. The number of ether oxygens (including phenoxy) is 2. The van der Waals surface area contributed by atoms with Crippen LogP contribution in [0.4, 0.5) is 0 Å². The lowest BCUT2D eigenvalue weighted by molar-refractivity contribution is -0.143. The predicted octanol–water partition coefficient (Wildman–Crippen LogP) is 3.24. The van der Waals surface area contributed by atoms with Crippen molar-refractivity contribution < 1.29 is 19.1 Å². The zero-order valence-corrected chi connectivity index (χ0v) is 16.3. The second-order valence-corrected chi connectivity index (χ2v) is 13.9. The summed E-state index contributed by atoms with van der Waals surface area (Å²) in [6.45, 7) is 5.95. The highest BCUT2D eigenvalue weighted by Gasteiger charge is 2.24. The van der Waals surface area contributed by atoms with Crippen LogP contribution in [0.15, 0.2) is 0 Å². The molecule has 0 rings (SSSR count). The number of carbonyl (C=O) groups is 2. The smallest absolute Gasteiger partial charge is 0.341 e. The largest absolute Gasteiger partial charge is 0.466 e. The highest BCUT2D eigenvalue weighted by atomic mass is 35.8. The third-order valence-electron chi connectivity index (χ3n) is 2.81. The quantitative estimate of drug-likeness (QED) is 0.290. The Morgan fingerprint density at radius 3 is 1.73 bits per heavy atom. The Morgan fingerprint density at radius 2 is 1.36 bits per heavy atom. The van der Waals surface area contributed by atoms with Crippen LogP contribution in [0.3, 0.4) is 0 Å². The van der Waals surface area contributed by atoms with Gasteiger partial charge in [0.05, 0.1) is 26.1 Å². The van der Waals surface area contributed by atoms with Gasteiger partial charge in [-0.2, -0.15) is 0 Å². The zero-order valence-electron chi connectivity index (χ0n) is 13.1. The van der Waals surface area contributed by atoms with Crippen LogP contribution in [-0.2, 0) is 19.1 Å². The van der Waals surface area contributed by atoms with Crippen molar-refractivity contribution in [2.75, 3.05) is 32.8 Å². The van der Waals surface area contributed by atoms with Crippen LogP contribution in [0.1, 0.15) is 33.1 Å². The Kier molecular flexibility index (Phi) is 12.4. The number of nitrogens with zero attached hydrogens (tertiary/aromatic N) is 1. The Balaban J connectivity index is 4.23.